The van der Waals surface area contributed by atoms with Gasteiger partial charge < -0.3 is 4.74 Å². The van der Waals surface area contributed by atoms with Gasteiger partial charge in [-0.3, -0.25) is 0 Å². The molecule has 2 atom stereocenters. The lowest BCUT2D eigenvalue weighted by atomic mass is 9.82. The summed E-state index contributed by atoms with van der Waals surface area (Å²) < 4.78 is 6.08. The van der Waals surface area contributed by atoms with Gasteiger partial charge in [-0.2, -0.15) is 0 Å². The van der Waals surface area contributed by atoms with Crippen LogP contribution >= 0.6 is 11.6 Å². The fraction of sp³-hybridized carbons (Fsp3) is 0.529. The van der Waals surface area contributed by atoms with Crippen LogP contribution < -0.4 is 4.74 Å². The molecule has 0 amide bonds. The van der Waals surface area contributed by atoms with Gasteiger partial charge in [-0.05, 0) is 55.4 Å². The lowest BCUT2D eigenvalue weighted by Crippen LogP contribution is -2.28. The van der Waals surface area contributed by atoms with E-state index >= 15 is 0 Å². The van der Waals surface area contributed by atoms with Crippen molar-refractivity contribution in [1.82, 2.24) is 0 Å². The molecule has 0 heterocycles. The summed E-state index contributed by atoms with van der Waals surface area (Å²) in [7, 11) is 0. The molecule has 1 saturated carbocycles. The van der Waals surface area contributed by atoms with Crippen molar-refractivity contribution in [1.29, 1.82) is 0 Å². The number of alkyl halides is 1. The maximum absolute atomic E-state index is 6.08. The average Bonchev–Trinajstić information content (AvgIpc) is 2.37. The number of benzene rings is 1. The molecule has 1 aromatic carbocycles. The van der Waals surface area contributed by atoms with Crippen LogP contribution in [0.2, 0.25) is 0 Å². The smallest absolute Gasteiger partial charge is 0.119 e. The van der Waals surface area contributed by atoms with E-state index in [1.807, 2.05) is 24.3 Å². The van der Waals surface area contributed by atoms with Crippen LogP contribution in [0.4, 0.5) is 0 Å². The standard InChI is InChI=1S/C17H21ClO/c1-13-10-14(2)12-17(11-13)19-16-7-5-15(6-8-16)4-3-9-18/h5-8,13-14,17H,9-12H2,1-2H3. The molecule has 2 heteroatoms. The van der Waals surface area contributed by atoms with E-state index in [4.69, 9.17) is 16.3 Å². The molecule has 1 aromatic rings. The van der Waals surface area contributed by atoms with E-state index < -0.39 is 0 Å². The van der Waals surface area contributed by atoms with Gasteiger partial charge in [0.25, 0.3) is 0 Å². The van der Waals surface area contributed by atoms with Crippen molar-refractivity contribution in [2.24, 2.45) is 11.8 Å². The molecule has 0 N–H and O–H groups in total. The highest BCUT2D eigenvalue weighted by Crippen LogP contribution is 2.31. The van der Waals surface area contributed by atoms with Crippen LogP contribution in [0.5, 0.6) is 5.75 Å². The van der Waals surface area contributed by atoms with E-state index in [9.17, 15) is 0 Å². The Morgan fingerprint density at radius 1 is 1.11 bits per heavy atom. The highest BCUT2D eigenvalue weighted by atomic mass is 35.5. The molecule has 0 aliphatic heterocycles. The third-order valence-corrected chi connectivity index (χ3v) is 3.73. The molecule has 1 nitrogen and oxygen atoms in total. The van der Waals surface area contributed by atoms with Crippen molar-refractivity contribution in [3.05, 3.63) is 29.8 Å². The van der Waals surface area contributed by atoms with Crippen LogP contribution in [0, 0.1) is 23.7 Å². The van der Waals surface area contributed by atoms with Crippen LogP contribution in [0.25, 0.3) is 0 Å². The van der Waals surface area contributed by atoms with Gasteiger partial charge in [-0.25, -0.2) is 0 Å². The van der Waals surface area contributed by atoms with Gasteiger partial charge in [-0.1, -0.05) is 25.7 Å². The van der Waals surface area contributed by atoms with Crippen molar-refractivity contribution in [2.75, 3.05) is 5.88 Å². The first-order valence-electron chi connectivity index (χ1n) is 6.99. The molecule has 0 aromatic heterocycles. The van der Waals surface area contributed by atoms with Gasteiger partial charge in [-0.15, -0.1) is 11.6 Å². The predicted octanol–water partition coefficient (Wildman–Crippen LogP) is 4.48. The maximum Gasteiger partial charge on any atom is 0.119 e. The topological polar surface area (TPSA) is 9.23 Å². The van der Waals surface area contributed by atoms with Gasteiger partial charge in [0.05, 0.1) is 12.0 Å². The molecule has 2 unspecified atom stereocenters. The van der Waals surface area contributed by atoms with Crippen LogP contribution in [-0.4, -0.2) is 12.0 Å². The second kappa shape index (κ2) is 6.87. The first-order valence-corrected chi connectivity index (χ1v) is 7.52. The Bertz CT molecular complexity index is 444. The Morgan fingerprint density at radius 2 is 1.74 bits per heavy atom. The summed E-state index contributed by atoms with van der Waals surface area (Å²) in [6.45, 7) is 4.63. The van der Waals surface area contributed by atoms with E-state index in [1.165, 1.54) is 6.42 Å². The minimum absolute atomic E-state index is 0.360. The van der Waals surface area contributed by atoms with E-state index in [1.54, 1.807) is 0 Å². The van der Waals surface area contributed by atoms with Gasteiger partial charge >= 0.3 is 0 Å². The molecule has 0 radical (unpaired) electrons. The molecular formula is C17H21ClO. The first kappa shape index (κ1) is 14.3. The highest BCUT2D eigenvalue weighted by Gasteiger charge is 2.25. The summed E-state index contributed by atoms with van der Waals surface area (Å²) in [4.78, 5) is 0. The fourth-order valence-electron chi connectivity index (χ4n) is 2.91. The second-order valence-corrected chi connectivity index (χ2v) is 5.88. The number of halogens is 1. The molecule has 19 heavy (non-hydrogen) atoms. The van der Waals surface area contributed by atoms with Crippen molar-refractivity contribution in [3.63, 3.8) is 0 Å². The van der Waals surface area contributed by atoms with Gasteiger partial charge in [0, 0.05) is 5.56 Å². The van der Waals surface area contributed by atoms with E-state index in [-0.39, 0.29) is 0 Å². The zero-order valence-electron chi connectivity index (χ0n) is 11.7. The summed E-state index contributed by atoms with van der Waals surface area (Å²) in [6, 6.07) is 7.99. The van der Waals surface area contributed by atoms with Gasteiger partial charge in [0.1, 0.15) is 5.75 Å². The van der Waals surface area contributed by atoms with Gasteiger partial charge in [0.15, 0.2) is 0 Å². The fourth-order valence-corrected chi connectivity index (χ4v) is 2.98. The van der Waals surface area contributed by atoms with Crippen LogP contribution in [-0.2, 0) is 0 Å². The van der Waals surface area contributed by atoms with Crippen molar-refractivity contribution < 1.29 is 4.74 Å². The Kier molecular flexibility index (Phi) is 5.16. The van der Waals surface area contributed by atoms with Crippen molar-refractivity contribution in [3.8, 4) is 17.6 Å². The van der Waals surface area contributed by atoms with Crippen molar-refractivity contribution >= 4 is 11.6 Å². The van der Waals surface area contributed by atoms with E-state index in [0.29, 0.717) is 12.0 Å². The minimum atomic E-state index is 0.360. The summed E-state index contributed by atoms with van der Waals surface area (Å²) in [5.74, 6) is 8.70. The monoisotopic (exact) mass is 276 g/mol. The lowest BCUT2D eigenvalue weighted by molar-refractivity contribution is 0.101. The SMILES string of the molecule is CC1CC(C)CC(Oc2ccc(C#CCCl)cc2)C1. The number of rotatable bonds is 2. The lowest BCUT2D eigenvalue weighted by Gasteiger charge is -2.31. The van der Waals surface area contributed by atoms with Gasteiger partial charge in [0.2, 0.25) is 0 Å². The minimum Gasteiger partial charge on any atom is -0.490 e. The Hall–Kier alpha value is -1.13. The maximum atomic E-state index is 6.08. The van der Waals surface area contributed by atoms with Crippen LogP contribution in [0.15, 0.2) is 24.3 Å². The normalized spacial score (nSPS) is 26.4. The molecule has 1 aliphatic carbocycles. The third-order valence-electron chi connectivity index (χ3n) is 3.59. The highest BCUT2D eigenvalue weighted by molar-refractivity contribution is 6.19. The third kappa shape index (κ3) is 4.48. The Labute approximate surface area is 121 Å². The quantitative estimate of drug-likeness (QED) is 0.572. The molecule has 102 valence electrons. The number of hydrogen-bond acceptors (Lipinski definition) is 1. The summed E-state index contributed by atoms with van der Waals surface area (Å²) in [5.41, 5.74) is 0.985. The molecular weight excluding hydrogens is 256 g/mol. The second-order valence-electron chi connectivity index (χ2n) is 5.62. The molecule has 1 aliphatic rings. The Morgan fingerprint density at radius 3 is 2.32 bits per heavy atom. The molecule has 2 rings (SSSR count). The average molecular weight is 277 g/mol. The largest absolute Gasteiger partial charge is 0.490 e. The first-order chi connectivity index (χ1) is 9.17. The molecule has 0 spiro atoms. The summed E-state index contributed by atoms with van der Waals surface area (Å²) >= 11 is 5.54. The predicted molar refractivity (Wildman–Crippen MR) is 80.6 cm³/mol. The van der Waals surface area contributed by atoms with Crippen LogP contribution in [0.1, 0.15) is 38.7 Å². The Balaban J connectivity index is 1.95. The van der Waals surface area contributed by atoms with Crippen LogP contribution in [0.3, 0.4) is 0 Å². The number of hydrogen-bond donors (Lipinski definition) is 0. The van der Waals surface area contributed by atoms with E-state index in [0.717, 1.165) is 36.0 Å². The summed E-state index contributed by atoms with van der Waals surface area (Å²) in [6.07, 6.45) is 4.02. The van der Waals surface area contributed by atoms with Crippen molar-refractivity contribution in [2.45, 2.75) is 39.2 Å². The molecule has 0 saturated heterocycles. The zero-order valence-corrected chi connectivity index (χ0v) is 12.4. The summed E-state index contributed by atoms with van der Waals surface area (Å²) in [5, 5.41) is 0. The molecule has 0 bridgehead atoms. The molecule has 1 fully saturated rings. The van der Waals surface area contributed by atoms with E-state index in [2.05, 4.69) is 25.7 Å². The number of ether oxygens (including phenoxy) is 1. The zero-order chi connectivity index (χ0) is 13.7.